The van der Waals surface area contributed by atoms with Crippen molar-refractivity contribution >= 4 is 21.6 Å². The average Bonchev–Trinajstić information content (AvgIpc) is 2.85. The van der Waals surface area contributed by atoms with Gasteiger partial charge >= 0.3 is 0 Å². The molecule has 1 heterocycles. The fourth-order valence-electron chi connectivity index (χ4n) is 3.56. The van der Waals surface area contributed by atoms with E-state index in [-0.39, 0.29) is 10.8 Å². The monoisotopic (exact) mass is 482 g/mol. The molecule has 0 unspecified atom stereocenters. The van der Waals surface area contributed by atoms with Crippen LogP contribution in [-0.4, -0.2) is 46.1 Å². The normalized spacial score (nSPS) is 12.6. The van der Waals surface area contributed by atoms with Crippen LogP contribution >= 0.6 is 0 Å². The number of benzene rings is 3. The Hall–Kier alpha value is -3.72. The van der Waals surface area contributed by atoms with Crippen LogP contribution in [0.1, 0.15) is 22.8 Å². The van der Waals surface area contributed by atoms with Gasteiger partial charge in [-0.15, -0.1) is 0 Å². The topological polar surface area (TPSA) is 94.2 Å². The first-order valence-electron chi connectivity index (χ1n) is 10.9. The molecule has 178 valence electrons. The molecule has 1 N–H and O–H groups in total. The number of fused-ring (bicyclic) bond motifs is 1. The van der Waals surface area contributed by atoms with E-state index in [1.165, 1.54) is 12.1 Å². The highest BCUT2D eigenvalue weighted by atomic mass is 32.2. The van der Waals surface area contributed by atoms with Crippen molar-refractivity contribution in [2.24, 2.45) is 0 Å². The highest BCUT2D eigenvalue weighted by Gasteiger charge is 2.20. The molecule has 0 saturated heterocycles. The number of amides is 1. The third-order valence-electron chi connectivity index (χ3n) is 5.23. The highest BCUT2D eigenvalue weighted by molar-refractivity contribution is 7.92. The molecule has 34 heavy (non-hydrogen) atoms. The van der Waals surface area contributed by atoms with E-state index in [0.717, 1.165) is 11.3 Å². The average molecular weight is 483 g/mol. The van der Waals surface area contributed by atoms with Gasteiger partial charge in [-0.05, 0) is 49.4 Å². The fourth-order valence-corrected chi connectivity index (χ4v) is 4.64. The molecule has 0 radical (unpaired) electrons. The summed E-state index contributed by atoms with van der Waals surface area (Å²) >= 11 is 0. The summed E-state index contributed by atoms with van der Waals surface area (Å²) in [6.45, 7) is 3.63. The largest absolute Gasteiger partial charge is 0.494 e. The van der Waals surface area contributed by atoms with E-state index in [1.807, 2.05) is 31.2 Å². The number of ether oxygens (including phenoxy) is 3. The summed E-state index contributed by atoms with van der Waals surface area (Å²) in [5.41, 5.74) is 1.69. The Morgan fingerprint density at radius 1 is 1.00 bits per heavy atom. The van der Waals surface area contributed by atoms with Crippen molar-refractivity contribution < 1.29 is 27.4 Å². The maximum atomic E-state index is 12.9. The van der Waals surface area contributed by atoms with Gasteiger partial charge < -0.3 is 19.1 Å². The van der Waals surface area contributed by atoms with Gasteiger partial charge in [0.25, 0.3) is 15.9 Å². The lowest BCUT2D eigenvalue weighted by Crippen LogP contribution is -2.26. The summed E-state index contributed by atoms with van der Waals surface area (Å²) in [4.78, 5) is 14.5. The summed E-state index contributed by atoms with van der Waals surface area (Å²) in [5.74, 6) is 1.46. The number of hydrogen-bond acceptors (Lipinski definition) is 6. The Balaban J connectivity index is 1.44. The molecule has 1 aliphatic heterocycles. The van der Waals surface area contributed by atoms with Crippen LogP contribution in [0.25, 0.3) is 0 Å². The van der Waals surface area contributed by atoms with Gasteiger partial charge in [0.05, 0.1) is 11.5 Å². The first-order valence-corrected chi connectivity index (χ1v) is 12.3. The van der Waals surface area contributed by atoms with Gasteiger partial charge in [-0.25, -0.2) is 8.42 Å². The van der Waals surface area contributed by atoms with Gasteiger partial charge in [0.15, 0.2) is 11.5 Å². The molecule has 0 atom stereocenters. The van der Waals surface area contributed by atoms with E-state index in [1.54, 1.807) is 42.3 Å². The number of anilines is 1. The van der Waals surface area contributed by atoms with Gasteiger partial charge in [0.1, 0.15) is 19.0 Å². The van der Waals surface area contributed by atoms with Gasteiger partial charge in [0.2, 0.25) is 0 Å². The zero-order chi connectivity index (χ0) is 24.1. The van der Waals surface area contributed by atoms with Gasteiger partial charge in [-0.2, -0.15) is 0 Å². The first kappa shape index (κ1) is 23.4. The molecule has 0 aromatic heterocycles. The van der Waals surface area contributed by atoms with Crippen molar-refractivity contribution in [3.8, 4) is 17.2 Å². The Bertz CT molecular complexity index is 1270. The van der Waals surface area contributed by atoms with Gasteiger partial charge in [-0.1, -0.05) is 18.2 Å². The van der Waals surface area contributed by atoms with Crippen molar-refractivity contribution in [1.29, 1.82) is 0 Å². The van der Waals surface area contributed by atoms with E-state index in [9.17, 15) is 13.2 Å². The Labute approximate surface area is 199 Å². The Kier molecular flexibility index (Phi) is 6.93. The molecule has 1 amide bonds. The smallest absolute Gasteiger partial charge is 0.262 e. The van der Waals surface area contributed by atoms with Crippen molar-refractivity contribution in [3.05, 3.63) is 77.9 Å². The number of para-hydroxylation sites is 1. The molecular weight excluding hydrogens is 456 g/mol. The number of carbonyl (C=O) groups excluding carboxylic acids is 1. The number of sulfonamides is 1. The summed E-state index contributed by atoms with van der Waals surface area (Å²) in [6, 6.07) is 18.4. The minimum Gasteiger partial charge on any atom is -0.494 e. The van der Waals surface area contributed by atoms with Crippen LogP contribution in [0.5, 0.6) is 17.2 Å². The maximum absolute atomic E-state index is 12.9. The summed E-state index contributed by atoms with van der Waals surface area (Å²) in [5, 5.41) is 0. The predicted molar refractivity (Wildman–Crippen MR) is 128 cm³/mol. The molecule has 4 rings (SSSR count). The lowest BCUT2D eigenvalue weighted by atomic mass is 10.1. The van der Waals surface area contributed by atoms with Gasteiger partial charge in [-0.3, -0.25) is 9.52 Å². The van der Waals surface area contributed by atoms with Crippen LogP contribution in [0.2, 0.25) is 0 Å². The maximum Gasteiger partial charge on any atom is 0.262 e. The van der Waals surface area contributed by atoms with E-state index in [2.05, 4.69) is 4.72 Å². The standard InChI is InChI=1S/C25H26N2O6S/c1-3-31-22-7-5-4-6-19(22)17-27(2)25(28)18-8-10-20(11-9-18)26-34(29,30)21-12-13-23-24(16-21)33-15-14-32-23/h4-13,16,26H,3,14-15,17H2,1-2H3. The molecule has 3 aromatic rings. The fraction of sp³-hybridized carbons (Fsp3) is 0.240. The Morgan fingerprint density at radius 2 is 1.71 bits per heavy atom. The van der Waals surface area contributed by atoms with Crippen LogP contribution in [0.3, 0.4) is 0 Å². The van der Waals surface area contributed by atoms with Crippen LogP contribution < -0.4 is 18.9 Å². The molecule has 0 bridgehead atoms. The quantitative estimate of drug-likeness (QED) is 0.523. The highest BCUT2D eigenvalue weighted by Crippen LogP contribution is 2.32. The molecule has 0 fully saturated rings. The summed E-state index contributed by atoms with van der Waals surface area (Å²) in [7, 11) is -2.13. The summed E-state index contributed by atoms with van der Waals surface area (Å²) in [6.07, 6.45) is 0. The zero-order valence-electron chi connectivity index (χ0n) is 19.0. The minimum atomic E-state index is -3.84. The van der Waals surface area contributed by atoms with E-state index in [0.29, 0.717) is 49.1 Å². The molecule has 9 heteroatoms. The van der Waals surface area contributed by atoms with Gasteiger partial charge in [0, 0.05) is 36.5 Å². The van der Waals surface area contributed by atoms with Crippen molar-refractivity contribution in [1.82, 2.24) is 4.90 Å². The molecule has 0 spiro atoms. The van der Waals surface area contributed by atoms with E-state index < -0.39 is 10.0 Å². The molecule has 8 nitrogen and oxygen atoms in total. The van der Waals surface area contributed by atoms with E-state index >= 15 is 0 Å². The number of carbonyl (C=O) groups is 1. The van der Waals surface area contributed by atoms with Crippen molar-refractivity contribution in [2.45, 2.75) is 18.4 Å². The minimum absolute atomic E-state index is 0.0598. The molecule has 0 aliphatic carbocycles. The van der Waals surface area contributed by atoms with Crippen LogP contribution in [0.15, 0.2) is 71.6 Å². The first-order chi connectivity index (χ1) is 16.4. The number of rotatable bonds is 8. The number of nitrogens with zero attached hydrogens (tertiary/aromatic N) is 1. The lowest BCUT2D eigenvalue weighted by molar-refractivity contribution is 0.0784. The predicted octanol–water partition coefficient (Wildman–Crippen LogP) is 3.93. The molecule has 0 saturated carbocycles. The van der Waals surface area contributed by atoms with Crippen molar-refractivity contribution in [3.63, 3.8) is 0 Å². The number of nitrogens with one attached hydrogen (secondary N) is 1. The lowest BCUT2D eigenvalue weighted by Gasteiger charge is -2.20. The zero-order valence-corrected chi connectivity index (χ0v) is 19.8. The van der Waals surface area contributed by atoms with Crippen LogP contribution in [0.4, 0.5) is 5.69 Å². The Morgan fingerprint density at radius 3 is 2.44 bits per heavy atom. The molecular formula is C25H26N2O6S. The second kappa shape index (κ2) is 10.0. The van der Waals surface area contributed by atoms with Crippen LogP contribution in [0, 0.1) is 0 Å². The third kappa shape index (κ3) is 5.26. The second-order valence-corrected chi connectivity index (χ2v) is 9.37. The van der Waals surface area contributed by atoms with Crippen LogP contribution in [-0.2, 0) is 16.6 Å². The molecule has 1 aliphatic rings. The molecule has 3 aromatic carbocycles. The van der Waals surface area contributed by atoms with Crippen molar-refractivity contribution in [2.75, 3.05) is 31.6 Å². The number of hydrogen-bond donors (Lipinski definition) is 1. The second-order valence-electron chi connectivity index (χ2n) is 7.69. The SMILES string of the molecule is CCOc1ccccc1CN(C)C(=O)c1ccc(NS(=O)(=O)c2ccc3c(c2)OCCO3)cc1. The summed E-state index contributed by atoms with van der Waals surface area (Å²) < 4.78 is 44.7. The third-order valence-corrected chi connectivity index (χ3v) is 6.61. The van der Waals surface area contributed by atoms with E-state index in [4.69, 9.17) is 14.2 Å².